The molecule has 2 aromatic rings. The number of nitrogens with zero attached hydrogens (tertiary/aromatic N) is 2. The molecule has 1 aliphatic rings. The first kappa shape index (κ1) is 17.6. The Morgan fingerprint density at radius 2 is 2.30 bits per heavy atom. The molecule has 0 spiro atoms. The highest BCUT2D eigenvalue weighted by Crippen LogP contribution is 2.34. The standard InChI is InChI=1S/C15H17ClN4O2.ClH/c1-17-14(9-6-18-20(2)7-9)15(21)19-12-8-22-13-4-3-10(16)5-11(12)13;/h3-7,12,14,17H,8H2,1-2H3,(H,19,21);1H. The fourth-order valence-electron chi connectivity index (χ4n) is 2.60. The summed E-state index contributed by atoms with van der Waals surface area (Å²) >= 11 is 6.02. The number of halogens is 2. The van der Waals surface area contributed by atoms with E-state index in [1.54, 1.807) is 24.0 Å². The zero-order valence-corrected chi connectivity index (χ0v) is 14.3. The van der Waals surface area contributed by atoms with Crippen molar-refractivity contribution in [2.24, 2.45) is 7.05 Å². The molecule has 6 nitrogen and oxygen atoms in total. The number of aromatic nitrogens is 2. The van der Waals surface area contributed by atoms with Crippen molar-refractivity contribution in [1.82, 2.24) is 20.4 Å². The van der Waals surface area contributed by atoms with Gasteiger partial charge >= 0.3 is 0 Å². The Kier molecular flexibility index (Phi) is 5.51. The molecular formula is C15H18Cl2N4O2. The fraction of sp³-hybridized carbons (Fsp3) is 0.333. The van der Waals surface area contributed by atoms with Gasteiger partial charge in [-0.25, -0.2) is 0 Å². The average molecular weight is 357 g/mol. The van der Waals surface area contributed by atoms with E-state index in [-0.39, 0.29) is 24.4 Å². The van der Waals surface area contributed by atoms with Gasteiger partial charge in [-0.15, -0.1) is 12.4 Å². The predicted octanol–water partition coefficient (Wildman–Crippen LogP) is 2.01. The van der Waals surface area contributed by atoms with Crippen molar-refractivity contribution < 1.29 is 9.53 Å². The lowest BCUT2D eigenvalue weighted by Crippen LogP contribution is -2.38. The Bertz CT molecular complexity index is 705. The zero-order chi connectivity index (χ0) is 15.7. The molecular weight excluding hydrogens is 339 g/mol. The Labute approximate surface area is 145 Å². The second-order valence-electron chi connectivity index (χ2n) is 5.22. The molecule has 0 radical (unpaired) electrons. The van der Waals surface area contributed by atoms with E-state index in [2.05, 4.69) is 15.7 Å². The number of likely N-dealkylation sites (N-methyl/N-ethyl adjacent to an activating group) is 1. The number of ether oxygens (including phenoxy) is 1. The average Bonchev–Trinajstić information content (AvgIpc) is 3.07. The van der Waals surface area contributed by atoms with Crippen LogP contribution in [0.2, 0.25) is 5.02 Å². The second kappa shape index (κ2) is 7.21. The van der Waals surface area contributed by atoms with E-state index in [1.165, 1.54) is 0 Å². The van der Waals surface area contributed by atoms with E-state index in [9.17, 15) is 4.79 Å². The van der Waals surface area contributed by atoms with Gasteiger partial charge in [0, 0.05) is 29.4 Å². The van der Waals surface area contributed by atoms with Crippen LogP contribution in [0.15, 0.2) is 30.6 Å². The SMILES string of the molecule is CNC(C(=O)NC1COc2ccc(Cl)cc21)c1cnn(C)c1.Cl. The van der Waals surface area contributed by atoms with Gasteiger partial charge in [-0.3, -0.25) is 9.48 Å². The van der Waals surface area contributed by atoms with Crippen molar-refractivity contribution in [2.75, 3.05) is 13.7 Å². The lowest BCUT2D eigenvalue weighted by molar-refractivity contribution is -0.124. The summed E-state index contributed by atoms with van der Waals surface area (Å²) in [4.78, 5) is 12.5. The third-order valence-corrected chi connectivity index (χ3v) is 3.91. The number of hydrogen-bond donors (Lipinski definition) is 2. The van der Waals surface area contributed by atoms with Gasteiger partial charge < -0.3 is 15.4 Å². The minimum atomic E-state index is -0.461. The molecule has 0 saturated heterocycles. The van der Waals surface area contributed by atoms with Gasteiger partial charge in [0.15, 0.2) is 0 Å². The van der Waals surface area contributed by atoms with Crippen LogP contribution in [0.1, 0.15) is 23.2 Å². The van der Waals surface area contributed by atoms with Gasteiger partial charge in [0.2, 0.25) is 5.91 Å². The van der Waals surface area contributed by atoms with Crippen LogP contribution in [0, 0.1) is 0 Å². The summed E-state index contributed by atoms with van der Waals surface area (Å²) < 4.78 is 7.25. The third kappa shape index (κ3) is 3.60. The Morgan fingerprint density at radius 1 is 1.52 bits per heavy atom. The first-order valence-corrected chi connectivity index (χ1v) is 7.34. The van der Waals surface area contributed by atoms with E-state index < -0.39 is 6.04 Å². The molecule has 1 aromatic heterocycles. The summed E-state index contributed by atoms with van der Waals surface area (Å²) in [5.41, 5.74) is 1.72. The summed E-state index contributed by atoms with van der Waals surface area (Å²) in [5, 5.41) is 10.7. The maximum absolute atomic E-state index is 12.5. The van der Waals surface area contributed by atoms with Gasteiger partial charge in [-0.05, 0) is 25.2 Å². The topological polar surface area (TPSA) is 68.2 Å². The number of fused-ring (bicyclic) bond motifs is 1. The quantitative estimate of drug-likeness (QED) is 0.879. The molecule has 1 amide bonds. The van der Waals surface area contributed by atoms with Crippen LogP contribution in [0.3, 0.4) is 0 Å². The van der Waals surface area contributed by atoms with Crippen LogP contribution in [-0.4, -0.2) is 29.3 Å². The van der Waals surface area contributed by atoms with Gasteiger partial charge in [0.1, 0.15) is 18.4 Å². The smallest absolute Gasteiger partial charge is 0.242 e. The first-order chi connectivity index (χ1) is 10.6. The molecule has 2 N–H and O–H groups in total. The van der Waals surface area contributed by atoms with Gasteiger partial charge in [0.05, 0.1) is 12.2 Å². The number of carbonyl (C=O) groups excluding carboxylic acids is 1. The van der Waals surface area contributed by atoms with E-state index in [1.807, 2.05) is 25.4 Å². The highest BCUT2D eigenvalue weighted by atomic mass is 35.5. The number of carbonyl (C=O) groups is 1. The number of rotatable bonds is 4. The monoisotopic (exact) mass is 356 g/mol. The molecule has 0 saturated carbocycles. The molecule has 8 heteroatoms. The van der Waals surface area contributed by atoms with Crippen molar-refractivity contribution in [3.05, 3.63) is 46.7 Å². The van der Waals surface area contributed by atoms with Crippen LogP contribution in [0.25, 0.3) is 0 Å². The maximum atomic E-state index is 12.5. The van der Waals surface area contributed by atoms with Crippen molar-refractivity contribution in [3.63, 3.8) is 0 Å². The molecule has 124 valence electrons. The summed E-state index contributed by atoms with van der Waals surface area (Å²) in [6.07, 6.45) is 3.49. The molecule has 0 fully saturated rings. The van der Waals surface area contributed by atoms with Crippen molar-refractivity contribution >= 4 is 29.9 Å². The third-order valence-electron chi connectivity index (χ3n) is 3.68. The minimum Gasteiger partial charge on any atom is -0.491 e. The molecule has 1 aliphatic heterocycles. The molecule has 3 rings (SSSR count). The largest absolute Gasteiger partial charge is 0.491 e. The normalized spacial score (nSPS) is 16.9. The second-order valence-corrected chi connectivity index (χ2v) is 5.66. The number of benzene rings is 1. The predicted molar refractivity (Wildman–Crippen MR) is 90.1 cm³/mol. The molecule has 0 bridgehead atoms. The molecule has 1 aromatic carbocycles. The van der Waals surface area contributed by atoms with E-state index in [4.69, 9.17) is 16.3 Å². The molecule has 2 unspecified atom stereocenters. The lowest BCUT2D eigenvalue weighted by Gasteiger charge is -2.18. The van der Waals surface area contributed by atoms with Crippen LogP contribution < -0.4 is 15.4 Å². The van der Waals surface area contributed by atoms with Gasteiger partial charge in [-0.2, -0.15) is 5.10 Å². The Hall–Kier alpha value is -1.76. The zero-order valence-electron chi connectivity index (χ0n) is 12.7. The summed E-state index contributed by atoms with van der Waals surface area (Å²) in [7, 11) is 3.56. The van der Waals surface area contributed by atoms with Gasteiger partial charge in [-0.1, -0.05) is 11.6 Å². The number of hydrogen-bond acceptors (Lipinski definition) is 4. The number of aryl methyl sites for hydroxylation is 1. The van der Waals surface area contributed by atoms with Crippen molar-refractivity contribution in [3.8, 4) is 5.75 Å². The number of amides is 1. The molecule has 2 atom stereocenters. The highest BCUT2D eigenvalue weighted by molar-refractivity contribution is 6.30. The van der Waals surface area contributed by atoms with Crippen molar-refractivity contribution in [2.45, 2.75) is 12.1 Å². The Balaban J connectivity index is 0.00000192. The van der Waals surface area contributed by atoms with Crippen LogP contribution >= 0.6 is 24.0 Å². The lowest BCUT2D eigenvalue weighted by atomic mass is 10.1. The molecule has 23 heavy (non-hydrogen) atoms. The minimum absolute atomic E-state index is 0. The van der Waals surface area contributed by atoms with E-state index in [0.717, 1.165) is 16.9 Å². The molecule has 2 heterocycles. The van der Waals surface area contributed by atoms with Crippen LogP contribution in [-0.2, 0) is 11.8 Å². The van der Waals surface area contributed by atoms with Crippen LogP contribution in [0.5, 0.6) is 5.75 Å². The number of nitrogens with one attached hydrogen (secondary N) is 2. The Morgan fingerprint density at radius 3 is 2.96 bits per heavy atom. The van der Waals surface area contributed by atoms with E-state index in [0.29, 0.717) is 11.6 Å². The first-order valence-electron chi connectivity index (χ1n) is 6.97. The fourth-order valence-corrected chi connectivity index (χ4v) is 2.78. The summed E-state index contributed by atoms with van der Waals surface area (Å²) in [6.45, 7) is 0.408. The van der Waals surface area contributed by atoms with E-state index >= 15 is 0 Å². The van der Waals surface area contributed by atoms with Crippen molar-refractivity contribution in [1.29, 1.82) is 0 Å². The van der Waals surface area contributed by atoms with Gasteiger partial charge in [0.25, 0.3) is 0 Å². The van der Waals surface area contributed by atoms with Crippen LogP contribution in [0.4, 0.5) is 0 Å². The summed E-state index contributed by atoms with van der Waals surface area (Å²) in [6, 6.07) is 4.76. The maximum Gasteiger partial charge on any atom is 0.242 e. The summed E-state index contributed by atoms with van der Waals surface area (Å²) in [5.74, 6) is 0.633. The highest BCUT2D eigenvalue weighted by Gasteiger charge is 2.29. The molecule has 0 aliphatic carbocycles.